The highest BCUT2D eigenvalue weighted by atomic mass is 32.2. The first kappa shape index (κ1) is 18.6. The Balaban J connectivity index is 1.69. The van der Waals surface area contributed by atoms with Gasteiger partial charge < -0.3 is 4.42 Å². The van der Waals surface area contributed by atoms with Crippen LogP contribution in [0.3, 0.4) is 0 Å². The molecule has 0 amide bonds. The van der Waals surface area contributed by atoms with Crippen molar-refractivity contribution in [3.63, 3.8) is 0 Å². The summed E-state index contributed by atoms with van der Waals surface area (Å²) in [5, 5.41) is 1.89. The van der Waals surface area contributed by atoms with E-state index in [0.29, 0.717) is 11.3 Å². The summed E-state index contributed by atoms with van der Waals surface area (Å²) in [6.07, 6.45) is 3.79. The van der Waals surface area contributed by atoms with Crippen LogP contribution in [0.2, 0.25) is 0 Å². The highest BCUT2D eigenvalue weighted by Gasteiger charge is 2.12. The molecule has 4 nitrogen and oxygen atoms in total. The number of aromatic nitrogens is 2. The monoisotopic (exact) mass is 390 g/mol. The lowest BCUT2D eigenvalue weighted by atomic mass is 10.0. The molecule has 0 aliphatic rings. The molecule has 0 radical (unpaired) electrons. The number of hydrogen-bond donors (Lipinski definition) is 0. The van der Waals surface area contributed by atoms with Gasteiger partial charge in [-0.05, 0) is 68.1 Å². The number of aryl methyl sites for hydroxylation is 4. The van der Waals surface area contributed by atoms with Gasteiger partial charge in [0, 0.05) is 29.6 Å². The number of fused-ring (bicyclic) bond motifs is 1. The van der Waals surface area contributed by atoms with E-state index in [2.05, 4.69) is 54.6 Å². The zero-order valence-electron chi connectivity index (χ0n) is 16.4. The van der Waals surface area contributed by atoms with Gasteiger partial charge in [0.05, 0.1) is 5.69 Å². The highest BCUT2D eigenvalue weighted by Crippen LogP contribution is 2.29. The van der Waals surface area contributed by atoms with Crippen molar-refractivity contribution < 1.29 is 4.42 Å². The molecule has 0 N–H and O–H groups in total. The van der Waals surface area contributed by atoms with Gasteiger partial charge in [-0.2, -0.15) is 0 Å². The molecule has 2 heterocycles. The average molecular weight is 391 g/mol. The Morgan fingerprint density at radius 1 is 1.00 bits per heavy atom. The molecule has 142 valence electrons. The minimum atomic E-state index is -0.316. The lowest BCUT2D eigenvalue weighted by Gasteiger charge is -2.12. The summed E-state index contributed by atoms with van der Waals surface area (Å²) in [6.45, 7) is 8.30. The van der Waals surface area contributed by atoms with Crippen molar-refractivity contribution in [3.05, 3.63) is 87.0 Å². The van der Waals surface area contributed by atoms with Gasteiger partial charge in [-0.1, -0.05) is 29.5 Å². The fraction of sp³-hybridized carbons (Fsp3) is 0.217. The quantitative estimate of drug-likeness (QED) is 0.341. The van der Waals surface area contributed by atoms with Crippen molar-refractivity contribution in [1.82, 2.24) is 9.55 Å². The van der Waals surface area contributed by atoms with E-state index < -0.39 is 0 Å². The maximum atomic E-state index is 12.0. The van der Waals surface area contributed by atoms with Gasteiger partial charge in [0.15, 0.2) is 5.16 Å². The molecule has 2 aromatic heterocycles. The van der Waals surface area contributed by atoms with Crippen LogP contribution in [0.1, 0.15) is 27.8 Å². The highest BCUT2D eigenvalue weighted by molar-refractivity contribution is 7.98. The molecule has 0 saturated carbocycles. The van der Waals surface area contributed by atoms with Crippen LogP contribution in [0.5, 0.6) is 0 Å². The summed E-state index contributed by atoms with van der Waals surface area (Å²) >= 11 is 1.62. The van der Waals surface area contributed by atoms with Crippen LogP contribution >= 0.6 is 11.8 Å². The largest absolute Gasteiger partial charge is 0.423 e. The minimum Gasteiger partial charge on any atom is -0.423 e. The molecule has 0 spiro atoms. The molecule has 0 saturated heterocycles. The molecule has 2 aromatic carbocycles. The van der Waals surface area contributed by atoms with Crippen molar-refractivity contribution in [2.45, 2.75) is 38.6 Å². The molecule has 0 fully saturated rings. The molecule has 28 heavy (non-hydrogen) atoms. The van der Waals surface area contributed by atoms with Gasteiger partial charge in [-0.3, -0.25) is 4.57 Å². The first-order valence-corrected chi connectivity index (χ1v) is 10.2. The van der Waals surface area contributed by atoms with E-state index >= 15 is 0 Å². The second-order valence-corrected chi connectivity index (χ2v) is 8.12. The Morgan fingerprint density at radius 2 is 1.79 bits per heavy atom. The van der Waals surface area contributed by atoms with Crippen molar-refractivity contribution >= 4 is 22.7 Å². The summed E-state index contributed by atoms with van der Waals surface area (Å²) in [5.41, 5.74) is 7.16. The summed E-state index contributed by atoms with van der Waals surface area (Å²) in [6, 6.07) is 12.0. The Hall–Kier alpha value is -2.79. The molecule has 0 unspecified atom stereocenters. The van der Waals surface area contributed by atoms with E-state index in [1.54, 1.807) is 17.8 Å². The third kappa shape index (κ3) is 3.50. The number of thioether (sulfide) groups is 1. The minimum absolute atomic E-state index is 0.316. The van der Waals surface area contributed by atoms with Crippen LogP contribution in [0.4, 0.5) is 0 Å². The molecule has 4 aromatic rings. The second kappa shape index (κ2) is 7.32. The van der Waals surface area contributed by atoms with Gasteiger partial charge in [0.1, 0.15) is 5.58 Å². The maximum Gasteiger partial charge on any atom is 0.336 e. The van der Waals surface area contributed by atoms with E-state index in [4.69, 9.17) is 4.42 Å². The normalized spacial score (nSPS) is 11.3. The molecule has 5 heteroatoms. The van der Waals surface area contributed by atoms with Crippen LogP contribution in [0, 0.1) is 27.7 Å². The summed E-state index contributed by atoms with van der Waals surface area (Å²) < 4.78 is 7.51. The van der Waals surface area contributed by atoms with Gasteiger partial charge in [0.2, 0.25) is 0 Å². The molecule has 0 aliphatic carbocycles. The molecule has 0 bridgehead atoms. The van der Waals surface area contributed by atoms with Crippen molar-refractivity contribution in [2.75, 3.05) is 0 Å². The van der Waals surface area contributed by atoms with Crippen LogP contribution < -0.4 is 5.63 Å². The first-order valence-electron chi connectivity index (χ1n) is 9.20. The molecule has 0 atom stereocenters. The Morgan fingerprint density at radius 3 is 2.57 bits per heavy atom. The van der Waals surface area contributed by atoms with Crippen LogP contribution in [-0.4, -0.2) is 9.55 Å². The zero-order chi connectivity index (χ0) is 19.8. The van der Waals surface area contributed by atoms with E-state index in [-0.39, 0.29) is 5.63 Å². The molecule has 4 rings (SSSR count). The van der Waals surface area contributed by atoms with Crippen molar-refractivity contribution in [3.8, 4) is 5.69 Å². The summed E-state index contributed by atoms with van der Waals surface area (Å²) in [5.74, 6) is 0.645. The van der Waals surface area contributed by atoms with Gasteiger partial charge in [-0.15, -0.1) is 0 Å². The Kier molecular flexibility index (Phi) is 4.85. The number of hydrogen-bond acceptors (Lipinski definition) is 4. The fourth-order valence-corrected chi connectivity index (χ4v) is 4.36. The van der Waals surface area contributed by atoms with Gasteiger partial charge >= 0.3 is 5.63 Å². The smallest absolute Gasteiger partial charge is 0.336 e. The van der Waals surface area contributed by atoms with Crippen LogP contribution in [0.15, 0.2) is 63.2 Å². The lowest BCUT2D eigenvalue weighted by molar-refractivity contribution is 0.559. The van der Waals surface area contributed by atoms with E-state index in [1.165, 1.54) is 16.7 Å². The van der Waals surface area contributed by atoms with Crippen molar-refractivity contribution in [1.29, 1.82) is 0 Å². The Labute approximate surface area is 168 Å². The lowest BCUT2D eigenvalue weighted by Crippen LogP contribution is -2.02. The van der Waals surface area contributed by atoms with E-state index in [1.807, 2.05) is 25.4 Å². The fourth-order valence-electron chi connectivity index (χ4n) is 3.40. The predicted octanol–water partition coefficient (Wildman–Crippen LogP) is 5.50. The Bertz CT molecular complexity index is 1240. The van der Waals surface area contributed by atoms with Crippen LogP contribution in [0.25, 0.3) is 16.7 Å². The first-order chi connectivity index (χ1) is 13.4. The van der Waals surface area contributed by atoms with Gasteiger partial charge in [0.25, 0.3) is 0 Å². The summed E-state index contributed by atoms with van der Waals surface area (Å²) in [4.78, 5) is 16.6. The van der Waals surface area contributed by atoms with Crippen LogP contribution in [-0.2, 0) is 5.75 Å². The molecular formula is C23H22N2O2S. The molecular weight excluding hydrogens is 368 g/mol. The molecule has 0 aliphatic heterocycles. The average Bonchev–Trinajstić information content (AvgIpc) is 3.09. The number of imidazole rings is 1. The SMILES string of the molecule is Cc1ccc(-n2ccnc2SCc2cc(=O)oc3cc(C)c(C)cc23)c(C)c1. The number of benzene rings is 2. The topological polar surface area (TPSA) is 48.0 Å². The second-order valence-electron chi connectivity index (χ2n) is 7.18. The number of nitrogens with zero attached hydrogens (tertiary/aromatic N) is 2. The summed E-state index contributed by atoms with van der Waals surface area (Å²) in [7, 11) is 0. The third-order valence-corrected chi connectivity index (χ3v) is 6.04. The van der Waals surface area contributed by atoms with Crippen molar-refractivity contribution in [2.24, 2.45) is 0 Å². The van der Waals surface area contributed by atoms with E-state index in [0.717, 1.165) is 27.4 Å². The third-order valence-electron chi connectivity index (χ3n) is 5.02. The standard InChI is InChI=1S/C23H22N2O2S/c1-14-5-6-20(17(4)9-14)25-8-7-24-23(25)28-13-18-12-22(26)27-21-11-16(3)15(2)10-19(18)21/h5-12H,13H2,1-4H3. The predicted molar refractivity (Wildman–Crippen MR) is 115 cm³/mol. The van der Waals surface area contributed by atoms with E-state index in [9.17, 15) is 4.79 Å². The number of rotatable bonds is 4. The van der Waals surface area contributed by atoms with Gasteiger partial charge in [-0.25, -0.2) is 9.78 Å². The maximum absolute atomic E-state index is 12.0. The zero-order valence-corrected chi connectivity index (χ0v) is 17.3.